The predicted octanol–water partition coefficient (Wildman–Crippen LogP) is 1.81. The van der Waals surface area contributed by atoms with Crippen LogP contribution >= 0.6 is 0 Å². The first kappa shape index (κ1) is 14.3. The highest BCUT2D eigenvalue weighted by Crippen LogP contribution is 2.08. The van der Waals surface area contributed by atoms with E-state index in [0.717, 1.165) is 5.75 Å². The average molecular weight is 281 g/mol. The molecule has 6 heteroatoms. The minimum atomic E-state index is 0.375. The molecule has 0 aliphatic heterocycles. The van der Waals surface area contributed by atoms with Gasteiger partial charge >= 0.3 is 0 Å². The van der Waals surface area contributed by atoms with E-state index in [-0.39, 0.29) is 0 Å². The Kier molecular flexibility index (Phi) is 5.58. The SMILES string of the molecule is N#CNC(=Nc1ccncc1)NCCOc1ccccc1. The quantitative estimate of drug-likeness (QED) is 0.287. The van der Waals surface area contributed by atoms with Crippen LogP contribution in [0, 0.1) is 11.5 Å². The van der Waals surface area contributed by atoms with E-state index in [1.807, 2.05) is 36.5 Å². The van der Waals surface area contributed by atoms with E-state index in [4.69, 9.17) is 10.00 Å². The number of nitrogens with zero attached hydrogens (tertiary/aromatic N) is 3. The number of aromatic nitrogens is 1. The van der Waals surface area contributed by atoms with Gasteiger partial charge in [0.2, 0.25) is 5.96 Å². The highest BCUT2D eigenvalue weighted by Gasteiger charge is 1.98. The van der Waals surface area contributed by atoms with Crippen molar-refractivity contribution >= 4 is 11.6 Å². The van der Waals surface area contributed by atoms with Crippen molar-refractivity contribution in [3.05, 3.63) is 54.9 Å². The van der Waals surface area contributed by atoms with Crippen molar-refractivity contribution in [2.75, 3.05) is 13.2 Å². The summed E-state index contributed by atoms with van der Waals surface area (Å²) in [5.41, 5.74) is 0.708. The third kappa shape index (κ3) is 5.20. The van der Waals surface area contributed by atoms with E-state index in [1.165, 1.54) is 0 Å². The van der Waals surface area contributed by atoms with Crippen molar-refractivity contribution < 1.29 is 4.74 Å². The summed E-state index contributed by atoms with van der Waals surface area (Å²) >= 11 is 0. The van der Waals surface area contributed by atoms with Gasteiger partial charge in [-0.1, -0.05) is 18.2 Å². The Morgan fingerprint density at radius 1 is 1.19 bits per heavy atom. The lowest BCUT2D eigenvalue weighted by atomic mass is 10.3. The standard InChI is InChI=1S/C15H15N5O/c16-12-19-15(20-13-6-8-17-9-7-13)18-10-11-21-14-4-2-1-3-5-14/h1-9H,10-11H2,(H2,17,18,19,20). The molecule has 0 radical (unpaired) electrons. The minimum absolute atomic E-state index is 0.375. The first-order valence-electron chi connectivity index (χ1n) is 6.44. The van der Waals surface area contributed by atoms with Gasteiger partial charge < -0.3 is 10.1 Å². The number of ether oxygens (including phenoxy) is 1. The molecular formula is C15H15N5O. The molecule has 0 amide bonds. The van der Waals surface area contributed by atoms with E-state index < -0.39 is 0 Å². The highest BCUT2D eigenvalue weighted by atomic mass is 16.5. The summed E-state index contributed by atoms with van der Waals surface area (Å²) in [5.74, 6) is 1.18. The van der Waals surface area contributed by atoms with Crippen molar-refractivity contribution in [1.82, 2.24) is 15.6 Å². The molecule has 106 valence electrons. The number of hydrogen-bond donors (Lipinski definition) is 2. The first-order valence-corrected chi connectivity index (χ1v) is 6.44. The molecule has 2 N–H and O–H groups in total. The smallest absolute Gasteiger partial charge is 0.210 e. The van der Waals surface area contributed by atoms with Gasteiger partial charge in [-0.15, -0.1) is 0 Å². The van der Waals surface area contributed by atoms with Crippen LogP contribution in [0.15, 0.2) is 59.9 Å². The number of benzene rings is 1. The zero-order chi connectivity index (χ0) is 14.8. The number of guanidine groups is 1. The van der Waals surface area contributed by atoms with Crippen LogP contribution in [0.1, 0.15) is 0 Å². The molecule has 0 unspecified atom stereocenters. The zero-order valence-corrected chi connectivity index (χ0v) is 11.4. The number of nitriles is 1. The molecule has 0 fully saturated rings. The van der Waals surface area contributed by atoms with Crippen LogP contribution in [-0.4, -0.2) is 24.1 Å². The molecule has 1 aromatic heterocycles. The topological polar surface area (TPSA) is 82.3 Å². The predicted molar refractivity (Wildman–Crippen MR) is 80.0 cm³/mol. The van der Waals surface area contributed by atoms with Crippen LogP contribution in [0.25, 0.3) is 0 Å². The Morgan fingerprint density at radius 3 is 2.67 bits per heavy atom. The first-order chi connectivity index (χ1) is 10.4. The van der Waals surface area contributed by atoms with Crippen molar-refractivity contribution in [2.45, 2.75) is 0 Å². The normalized spacial score (nSPS) is 10.5. The number of para-hydroxylation sites is 1. The van der Waals surface area contributed by atoms with Crippen LogP contribution < -0.4 is 15.4 Å². The average Bonchev–Trinajstić information content (AvgIpc) is 2.54. The number of pyridine rings is 1. The Labute approximate surface area is 123 Å². The van der Waals surface area contributed by atoms with E-state index in [9.17, 15) is 0 Å². The largest absolute Gasteiger partial charge is 0.492 e. The maximum Gasteiger partial charge on any atom is 0.210 e. The van der Waals surface area contributed by atoms with Crippen molar-refractivity contribution in [3.8, 4) is 11.9 Å². The van der Waals surface area contributed by atoms with Gasteiger partial charge in [0.05, 0.1) is 12.2 Å². The molecule has 0 spiro atoms. The van der Waals surface area contributed by atoms with Crippen LogP contribution in [0.4, 0.5) is 5.69 Å². The molecule has 0 aliphatic carbocycles. The molecule has 0 saturated carbocycles. The van der Waals surface area contributed by atoms with E-state index in [0.29, 0.717) is 24.8 Å². The second-order valence-electron chi connectivity index (χ2n) is 3.99. The summed E-state index contributed by atoms with van der Waals surface area (Å²) in [6, 6.07) is 13.0. The Morgan fingerprint density at radius 2 is 1.95 bits per heavy atom. The molecule has 0 aliphatic rings. The molecule has 1 aromatic carbocycles. The summed E-state index contributed by atoms with van der Waals surface area (Å²) < 4.78 is 5.55. The lowest BCUT2D eigenvalue weighted by molar-refractivity contribution is 0.322. The summed E-state index contributed by atoms with van der Waals surface area (Å²) in [4.78, 5) is 8.18. The maximum atomic E-state index is 8.72. The fourth-order valence-electron chi connectivity index (χ4n) is 1.57. The van der Waals surface area contributed by atoms with Gasteiger partial charge in [0, 0.05) is 12.4 Å². The van der Waals surface area contributed by atoms with E-state index in [1.54, 1.807) is 24.5 Å². The van der Waals surface area contributed by atoms with Crippen LogP contribution in [0.5, 0.6) is 5.75 Å². The Balaban J connectivity index is 1.83. The van der Waals surface area contributed by atoms with Gasteiger partial charge in [-0.3, -0.25) is 10.3 Å². The molecule has 21 heavy (non-hydrogen) atoms. The van der Waals surface area contributed by atoms with Gasteiger partial charge in [0.1, 0.15) is 12.4 Å². The molecule has 0 atom stereocenters. The van der Waals surface area contributed by atoms with Gasteiger partial charge in [-0.25, -0.2) is 4.99 Å². The molecule has 1 heterocycles. The fourth-order valence-corrected chi connectivity index (χ4v) is 1.57. The summed E-state index contributed by atoms with van der Waals surface area (Å²) in [6.45, 7) is 0.986. The van der Waals surface area contributed by atoms with Gasteiger partial charge in [0.25, 0.3) is 0 Å². The van der Waals surface area contributed by atoms with Gasteiger partial charge in [0.15, 0.2) is 6.19 Å². The number of nitrogens with one attached hydrogen (secondary N) is 2. The van der Waals surface area contributed by atoms with Crippen molar-refractivity contribution in [3.63, 3.8) is 0 Å². The van der Waals surface area contributed by atoms with E-state index >= 15 is 0 Å². The lowest BCUT2D eigenvalue weighted by Gasteiger charge is -2.09. The third-order valence-corrected chi connectivity index (χ3v) is 2.48. The Hall–Kier alpha value is -3.07. The summed E-state index contributed by atoms with van der Waals surface area (Å²) in [6.07, 6.45) is 5.13. The fraction of sp³-hybridized carbons (Fsp3) is 0.133. The van der Waals surface area contributed by atoms with Crippen LogP contribution in [0.3, 0.4) is 0 Å². The molecule has 0 bridgehead atoms. The molecule has 2 aromatic rings. The lowest BCUT2D eigenvalue weighted by Crippen LogP contribution is -2.36. The molecule has 2 rings (SSSR count). The number of hydrogen-bond acceptors (Lipinski definition) is 4. The second-order valence-corrected chi connectivity index (χ2v) is 3.99. The molecule has 6 nitrogen and oxygen atoms in total. The van der Waals surface area contributed by atoms with Crippen molar-refractivity contribution in [2.24, 2.45) is 4.99 Å². The van der Waals surface area contributed by atoms with Crippen LogP contribution in [-0.2, 0) is 0 Å². The van der Waals surface area contributed by atoms with Crippen LogP contribution in [0.2, 0.25) is 0 Å². The monoisotopic (exact) mass is 281 g/mol. The summed E-state index contributed by atoms with van der Waals surface area (Å²) in [5, 5.41) is 14.2. The molecular weight excluding hydrogens is 266 g/mol. The van der Waals surface area contributed by atoms with Gasteiger partial charge in [-0.05, 0) is 24.3 Å². The van der Waals surface area contributed by atoms with Crippen molar-refractivity contribution in [1.29, 1.82) is 5.26 Å². The maximum absolute atomic E-state index is 8.72. The highest BCUT2D eigenvalue weighted by molar-refractivity contribution is 5.83. The second kappa shape index (κ2) is 8.17. The Bertz CT molecular complexity index is 607. The third-order valence-electron chi connectivity index (χ3n) is 2.48. The zero-order valence-electron chi connectivity index (χ0n) is 11.4. The number of aliphatic imine (C=N–C) groups is 1. The molecule has 0 saturated heterocycles. The number of rotatable bonds is 5. The van der Waals surface area contributed by atoms with Gasteiger partial charge in [-0.2, -0.15) is 5.26 Å². The minimum Gasteiger partial charge on any atom is -0.492 e. The summed E-state index contributed by atoms with van der Waals surface area (Å²) in [7, 11) is 0. The van der Waals surface area contributed by atoms with E-state index in [2.05, 4.69) is 20.6 Å².